The second-order valence-electron chi connectivity index (χ2n) is 9.27. The summed E-state index contributed by atoms with van der Waals surface area (Å²) in [7, 11) is 1.29. The van der Waals surface area contributed by atoms with Crippen molar-refractivity contribution >= 4 is 11.9 Å². The van der Waals surface area contributed by atoms with Gasteiger partial charge in [0, 0.05) is 5.92 Å². The van der Waals surface area contributed by atoms with Gasteiger partial charge in [0.05, 0.1) is 31.7 Å². The molecule has 2 aliphatic rings. The molecule has 0 spiro atoms. The van der Waals surface area contributed by atoms with E-state index in [1.807, 2.05) is 13.8 Å². The van der Waals surface area contributed by atoms with Gasteiger partial charge in [-0.25, -0.2) is 0 Å². The molecule has 6 nitrogen and oxygen atoms in total. The second kappa shape index (κ2) is 11.8. The van der Waals surface area contributed by atoms with Crippen LogP contribution in [0.5, 0.6) is 0 Å². The number of hydrogen-bond donors (Lipinski definition) is 2. The third-order valence-corrected chi connectivity index (χ3v) is 7.07. The Morgan fingerprint density at radius 3 is 2.57 bits per heavy atom. The highest BCUT2D eigenvalue weighted by molar-refractivity contribution is 5.72. The molecule has 30 heavy (non-hydrogen) atoms. The highest BCUT2D eigenvalue weighted by atomic mass is 16.5. The molecule has 2 rings (SSSR count). The lowest BCUT2D eigenvalue weighted by atomic mass is 9.62. The number of hydrogen-bond acceptors (Lipinski definition) is 6. The van der Waals surface area contributed by atoms with E-state index in [1.165, 1.54) is 7.11 Å². The summed E-state index contributed by atoms with van der Waals surface area (Å²) in [5.74, 6) is 0.699. The molecule has 0 aliphatic heterocycles. The van der Waals surface area contributed by atoms with Crippen molar-refractivity contribution in [1.82, 2.24) is 0 Å². The molecule has 8 unspecified atom stereocenters. The number of rotatable bonds is 10. The highest BCUT2D eigenvalue weighted by Crippen LogP contribution is 2.46. The topological polar surface area (TPSA) is 93.1 Å². The van der Waals surface area contributed by atoms with Gasteiger partial charge in [-0.3, -0.25) is 9.59 Å². The number of fused-ring (bicyclic) bond motifs is 1. The smallest absolute Gasteiger partial charge is 0.308 e. The number of ether oxygens (including phenoxy) is 2. The van der Waals surface area contributed by atoms with Gasteiger partial charge in [0.2, 0.25) is 0 Å². The minimum Gasteiger partial charge on any atom is -0.469 e. The van der Waals surface area contributed by atoms with Crippen molar-refractivity contribution in [3.8, 4) is 0 Å². The molecular formula is C24H40O6. The third-order valence-electron chi connectivity index (χ3n) is 7.07. The van der Waals surface area contributed by atoms with E-state index in [9.17, 15) is 19.8 Å². The van der Waals surface area contributed by atoms with Gasteiger partial charge in [-0.05, 0) is 62.7 Å². The molecule has 1 fully saturated rings. The Balaban J connectivity index is 1.99. The SMILES string of the molecule is CCC(C)C(=O)OC1CCCC2C=CC(C)C(CCC(O)CC(O)CC(=O)OC)C21. The zero-order valence-electron chi connectivity index (χ0n) is 19.0. The molecule has 2 aliphatic carbocycles. The molecule has 6 heteroatoms. The van der Waals surface area contributed by atoms with Crippen LogP contribution in [0.4, 0.5) is 0 Å². The molecular weight excluding hydrogens is 384 g/mol. The fraction of sp³-hybridized carbons (Fsp3) is 0.833. The second-order valence-corrected chi connectivity index (χ2v) is 9.27. The molecule has 0 heterocycles. The molecule has 8 atom stereocenters. The van der Waals surface area contributed by atoms with Crippen LogP contribution in [0.15, 0.2) is 12.2 Å². The van der Waals surface area contributed by atoms with E-state index in [-0.39, 0.29) is 36.8 Å². The summed E-state index contributed by atoms with van der Waals surface area (Å²) in [6.07, 6.45) is 8.19. The van der Waals surface area contributed by atoms with Crippen LogP contribution >= 0.6 is 0 Å². The Bertz CT molecular complexity index is 588. The van der Waals surface area contributed by atoms with Crippen LogP contribution in [-0.2, 0) is 19.1 Å². The van der Waals surface area contributed by atoms with Crippen molar-refractivity contribution in [2.45, 2.75) is 90.4 Å². The molecule has 172 valence electrons. The van der Waals surface area contributed by atoms with E-state index in [1.54, 1.807) is 0 Å². The van der Waals surface area contributed by atoms with E-state index >= 15 is 0 Å². The van der Waals surface area contributed by atoms with Crippen LogP contribution in [0.25, 0.3) is 0 Å². The molecule has 2 N–H and O–H groups in total. The first-order valence-electron chi connectivity index (χ1n) is 11.6. The number of allylic oxidation sites excluding steroid dienone is 2. The van der Waals surface area contributed by atoms with Crippen molar-refractivity contribution < 1.29 is 29.3 Å². The first-order valence-corrected chi connectivity index (χ1v) is 11.6. The van der Waals surface area contributed by atoms with Crippen LogP contribution in [-0.4, -0.2) is 47.6 Å². The van der Waals surface area contributed by atoms with Crippen LogP contribution in [0, 0.1) is 29.6 Å². The Hall–Kier alpha value is -1.40. The first kappa shape index (κ1) is 24.9. The summed E-state index contributed by atoms with van der Waals surface area (Å²) < 4.78 is 10.6. The van der Waals surface area contributed by atoms with Crippen molar-refractivity contribution in [2.75, 3.05) is 7.11 Å². The number of esters is 2. The monoisotopic (exact) mass is 424 g/mol. The summed E-state index contributed by atoms with van der Waals surface area (Å²) in [6.45, 7) is 6.11. The maximum atomic E-state index is 12.5. The number of methoxy groups -OCH3 is 1. The van der Waals surface area contributed by atoms with Crippen molar-refractivity contribution in [2.24, 2.45) is 29.6 Å². The van der Waals surface area contributed by atoms with Gasteiger partial charge in [-0.2, -0.15) is 0 Å². The summed E-state index contributed by atoms with van der Waals surface area (Å²) in [5.41, 5.74) is 0. The van der Waals surface area contributed by atoms with E-state index in [0.717, 1.165) is 32.1 Å². The molecule has 0 aromatic heterocycles. The first-order chi connectivity index (χ1) is 14.3. The maximum Gasteiger partial charge on any atom is 0.308 e. The minimum atomic E-state index is -0.900. The predicted molar refractivity (Wildman–Crippen MR) is 114 cm³/mol. The third kappa shape index (κ3) is 6.81. The van der Waals surface area contributed by atoms with Gasteiger partial charge < -0.3 is 19.7 Å². The average molecular weight is 425 g/mol. The molecule has 0 radical (unpaired) electrons. The van der Waals surface area contributed by atoms with Crippen molar-refractivity contribution in [3.63, 3.8) is 0 Å². The van der Waals surface area contributed by atoms with Crippen molar-refractivity contribution in [3.05, 3.63) is 12.2 Å². The molecule has 1 saturated carbocycles. The average Bonchev–Trinajstić information content (AvgIpc) is 2.72. The zero-order chi connectivity index (χ0) is 22.3. The normalized spacial score (nSPS) is 31.3. The molecule has 0 aromatic rings. The zero-order valence-corrected chi connectivity index (χ0v) is 19.0. The number of aliphatic hydroxyl groups is 2. The Morgan fingerprint density at radius 1 is 1.17 bits per heavy atom. The van der Waals surface area contributed by atoms with E-state index < -0.39 is 18.2 Å². The Labute approximate surface area is 181 Å². The van der Waals surface area contributed by atoms with Crippen LogP contribution < -0.4 is 0 Å². The quantitative estimate of drug-likeness (QED) is 0.411. The van der Waals surface area contributed by atoms with Crippen molar-refractivity contribution in [1.29, 1.82) is 0 Å². The number of carbonyl (C=O) groups excluding carboxylic acids is 2. The van der Waals surface area contributed by atoms with Gasteiger partial charge >= 0.3 is 11.9 Å². The predicted octanol–water partition coefficient (Wildman–Crippen LogP) is 3.64. The lowest BCUT2D eigenvalue weighted by molar-refractivity contribution is -0.162. The van der Waals surface area contributed by atoms with Gasteiger partial charge in [0.1, 0.15) is 6.10 Å². The fourth-order valence-electron chi connectivity index (χ4n) is 5.04. The van der Waals surface area contributed by atoms with Gasteiger partial charge in [-0.15, -0.1) is 0 Å². The number of aliphatic hydroxyl groups excluding tert-OH is 2. The molecule has 0 bridgehead atoms. The lowest BCUT2D eigenvalue weighted by Crippen LogP contribution is -2.44. The fourth-order valence-corrected chi connectivity index (χ4v) is 5.04. The highest BCUT2D eigenvalue weighted by Gasteiger charge is 2.43. The van der Waals surface area contributed by atoms with E-state index in [2.05, 4.69) is 23.8 Å². The standard InChI is InChI=1S/C24H40O6/c1-5-15(2)24(28)30-21-8-6-7-17-10-9-16(3)20(23(17)21)12-11-18(25)13-19(26)14-22(27)29-4/h9-10,15-21,23,25-26H,5-8,11-14H2,1-4H3. The summed E-state index contributed by atoms with van der Waals surface area (Å²) in [4.78, 5) is 23.7. The van der Waals surface area contributed by atoms with E-state index in [4.69, 9.17) is 4.74 Å². The van der Waals surface area contributed by atoms with Crippen LogP contribution in [0.2, 0.25) is 0 Å². The largest absolute Gasteiger partial charge is 0.469 e. The lowest BCUT2D eigenvalue weighted by Gasteiger charge is -2.46. The summed E-state index contributed by atoms with van der Waals surface area (Å²) >= 11 is 0. The van der Waals surface area contributed by atoms with Gasteiger partial charge in [-0.1, -0.05) is 32.9 Å². The molecule has 0 saturated heterocycles. The van der Waals surface area contributed by atoms with Crippen LogP contribution in [0.3, 0.4) is 0 Å². The Kier molecular flexibility index (Phi) is 9.82. The van der Waals surface area contributed by atoms with Crippen LogP contribution in [0.1, 0.15) is 72.1 Å². The number of carbonyl (C=O) groups is 2. The molecule has 0 aromatic carbocycles. The Morgan fingerprint density at radius 2 is 1.90 bits per heavy atom. The minimum absolute atomic E-state index is 0.0651. The van der Waals surface area contributed by atoms with Gasteiger partial charge in [0.25, 0.3) is 0 Å². The summed E-state index contributed by atoms with van der Waals surface area (Å²) in [6, 6.07) is 0. The van der Waals surface area contributed by atoms with E-state index in [0.29, 0.717) is 24.2 Å². The maximum absolute atomic E-state index is 12.5. The summed E-state index contributed by atoms with van der Waals surface area (Å²) in [5, 5.41) is 20.4. The van der Waals surface area contributed by atoms with Gasteiger partial charge in [0.15, 0.2) is 0 Å². The molecule has 0 amide bonds.